The van der Waals surface area contributed by atoms with Crippen molar-refractivity contribution in [3.05, 3.63) is 72.7 Å². The fourth-order valence-corrected chi connectivity index (χ4v) is 3.92. The van der Waals surface area contributed by atoms with Crippen LogP contribution in [0.4, 0.5) is 35.3 Å². The standard InChI is InChI=1S/C26H27F3N8O2/c1-3-24(38)34-22-7-5-17(13-31-22)21-14-32-23(15-30-21)35-25(39)33-19-6-4-18(20(12-19)26(27,28)29)16-37-10-8-36(2)9-11-37/h3-7,12-15H,1,8-11,16H2,2H3,(H,31,34,38)(H2,32,33,35,39). The Kier molecular flexibility index (Phi) is 8.52. The summed E-state index contributed by atoms with van der Waals surface area (Å²) in [4.78, 5) is 40.4. The molecule has 1 aliphatic rings. The quantitative estimate of drug-likeness (QED) is 0.387. The Hall–Kier alpha value is -4.36. The van der Waals surface area contributed by atoms with Crippen molar-refractivity contribution < 1.29 is 22.8 Å². The van der Waals surface area contributed by atoms with Crippen molar-refractivity contribution in [2.24, 2.45) is 0 Å². The van der Waals surface area contributed by atoms with Crippen LogP contribution in [0.2, 0.25) is 0 Å². The van der Waals surface area contributed by atoms with Crippen molar-refractivity contribution in [2.75, 3.05) is 49.2 Å². The number of nitrogens with one attached hydrogen (secondary N) is 3. The van der Waals surface area contributed by atoms with E-state index in [0.29, 0.717) is 30.2 Å². The third-order valence-corrected chi connectivity index (χ3v) is 6.05. The molecule has 1 aromatic carbocycles. The summed E-state index contributed by atoms with van der Waals surface area (Å²) in [5, 5.41) is 7.41. The first-order chi connectivity index (χ1) is 18.6. The van der Waals surface area contributed by atoms with Crippen LogP contribution < -0.4 is 16.0 Å². The lowest BCUT2D eigenvalue weighted by molar-refractivity contribution is -0.138. The summed E-state index contributed by atoms with van der Waals surface area (Å²) in [7, 11) is 1.98. The van der Waals surface area contributed by atoms with Crippen molar-refractivity contribution in [3.8, 4) is 11.3 Å². The number of piperazine rings is 1. The molecular formula is C26H27F3N8O2. The van der Waals surface area contributed by atoms with Gasteiger partial charge in [0.2, 0.25) is 5.91 Å². The number of nitrogens with zero attached hydrogens (tertiary/aromatic N) is 5. The van der Waals surface area contributed by atoms with Gasteiger partial charge in [-0.25, -0.2) is 14.8 Å². The predicted octanol–water partition coefficient (Wildman–Crippen LogP) is 4.07. The highest BCUT2D eigenvalue weighted by molar-refractivity contribution is 5.99. The van der Waals surface area contributed by atoms with E-state index in [1.807, 2.05) is 11.9 Å². The molecule has 3 amide bonds. The monoisotopic (exact) mass is 540 g/mol. The number of carbonyl (C=O) groups excluding carboxylic acids is 2. The Labute approximate surface area is 223 Å². The van der Waals surface area contributed by atoms with E-state index in [1.54, 1.807) is 12.1 Å². The van der Waals surface area contributed by atoms with Crippen molar-refractivity contribution in [2.45, 2.75) is 12.7 Å². The molecule has 13 heteroatoms. The average molecular weight is 541 g/mol. The number of aromatic nitrogens is 3. The van der Waals surface area contributed by atoms with Gasteiger partial charge in [-0.15, -0.1) is 0 Å². The van der Waals surface area contributed by atoms with E-state index in [9.17, 15) is 22.8 Å². The van der Waals surface area contributed by atoms with Crippen LogP contribution in [0.3, 0.4) is 0 Å². The molecule has 3 heterocycles. The largest absolute Gasteiger partial charge is 0.416 e. The summed E-state index contributed by atoms with van der Waals surface area (Å²) in [6.45, 7) is 6.52. The van der Waals surface area contributed by atoms with Crippen LogP contribution in [0.1, 0.15) is 11.1 Å². The Balaban J connectivity index is 1.38. The van der Waals surface area contributed by atoms with Gasteiger partial charge in [-0.1, -0.05) is 12.6 Å². The molecule has 39 heavy (non-hydrogen) atoms. The van der Waals surface area contributed by atoms with Crippen molar-refractivity contribution in [3.63, 3.8) is 0 Å². The molecule has 3 N–H and O–H groups in total. The lowest BCUT2D eigenvalue weighted by Crippen LogP contribution is -2.44. The Morgan fingerprint density at radius 2 is 1.69 bits per heavy atom. The van der Waals surface area contributed by atoms with Crippen LogP contribution in [0.15, 0.2) is 61.6 Å². The SMILES string of the molecule is C=CC(=O)Nc1ccc(-c2cnc(NC(=O)Nc3ccc(CN4CCN(C)CC4)c(C(F)(F)F)c3)cn2)cn1. The van der Waals surface area contributed by atoms with Gasteiger partial charge in [-0.2, -0.15) is 13.2 Å². The first-order valence-electron chi connectivity index (χ1n) is 12.0. The first-order valence-corrected chi connectivity index (χ1v) is 12.0. The number of hydrogen-bond acceptors (Lipinski definition) is 7. The van der Waals surface area contributed by atoms with E-state index in [-0.39, 0.29) is 29.5 Å². The number of alkyl halides is 3. The van der Waals surface area contributed by atoms with Crippen LogP contribution in [0.25, 0.3) is 11.3 Å². The molecule has 4 rings (SSSR count). The normalized spacial score (nSPS) is 14.5. The lowest BCUT2D eigenvalue weighted by Gasteiger charge is -2.33. The van der Waals surface area contributed by atoms with E-state index in [4.69, 9.17) is 0 Å². The predicted molar refractivity (Wildman–Crippen MR) is 141 cm³/mol. The molecule has 1 aliphatic heterocycles. The van der Waals surface area contributed by atoms with Gasteiger partial charge in [0.1, 0.15) is 5.82 Å². The Morgan fingerprint density at radius 1 is 0.949 bits per heavy atom. The third-order valence-electron chi connectivity index (χ3n) is 6.05. The number of pyridine rings is 1. The van der Waals surface area contributed by atoms with Gasteiger partial charge in [-0.3, -0.25) is 20.0 Å². The van der Waals surface area contributed by atoms with Crippen molar-refractivity contribution in [1.29, 1.82) is 0 Å². The number of rotatable bonds is 7. The second kappa shape index (κ2) is 12.0. The maximum atomic E-state index is 13.8. The van der Waals surface area contributed by atoms with E-state index < -0.39 is 17.8 Å². The summed E-state index contributed by atoms with van der Waals surface area (Å²) in [6.07, 6.45) is 0.769. The van der Waals surface area contributed by atoms with E-state index in [2.05, 4.69) is 42.4 Å². The molecule has 0 aliphatic carbocycles. The number of urea groups is 1. The molecule has 1 saturated heterocycles. The Morgan fingerprint density at radius 3 is 2.31 bits per heavy atom. The van der Waals surface area contributed by atoms with Crippen molar-refractivity contribution >= 4 is 29.3 Å². The van der Waals surface area contributed by atoms with E-state index in [0.717, 1.165) is 25.2 Å². The topological polar surface area (TPSA) is 115 Å². The minimum Gasteiger partial charge on any atom is -0.308 e. The highest BCUT2D eigenvalue weighted by atomic mass is 19.4. The molecule has 2 aromatic heterocycles. The number of anilines is 3. The smallest absolute Gasteiger partial charge is 0.308 e. The maximum Gasteiger partial charge on any atom is 0.416 e. The Bertz CT molecular complexity index is 1320. The summed E-state index contributed by atoms with van der Waals surface area (Å²) in [5.74, 6) is 0.0504. The van der Waals surface area contributed by atoms with Gasteiger partial charge in [0, 0.05) is 50.2 Å². The fourth-order valence-electron chi connectivity index (χ4n) is 3.92. The molecule has 0 unspecified atom stereocenters. The number of likely N-dealkylation sites (N-methyl/N-ethyl adjacent to an activating group) is 1. The minimum atomic E-state index is -4.57. The minimum absolute atomic E-state index is 0.00115. The van der Waals surface area contributed by atoms with Gasteiger partial charge in [-0.05, 0) is 43.0 Å². The molecular weight excluding hydrogens is 513 g/mol. The highest BCUT2D eigenvalue weighted by Crippen LogP contribution is 2.34. The van der Waals surface area contributed by atoms with E-state index >= 15 is 0 Å². The third kappa shape index (κ3) is 7.58. The first kappa shape index (κ1) is 27.7. The van der Waals surface area contributed by atoms with Gasteiger partial charge in [0.15, 0.2) is 5.82 Å². The number of hydrogen-bond donors (Lipinski definition) is 3. The van der Waals surface area contributed by atoms with Gasteiger partial charge >= 0.3 is 12.2 Å². The molecule has 3 aromatic rings. The number of carbonyl (C=O) groups is 2. The fraction of sp³-hybridized carbons (Fsp3) is 0.269. The molecule has 0 bridgehead atoms. The summed E-state index contributed by atoms with van der Waals surface area (Å²) >= 11 is 0. The van der Waals surface area contributed by atoms with E-state index in [1.165, 1.54) is 30.7 Å². The second-order valence-electron chi connectivity index (χ2n) is 8.94. The van der Waals surface area contributed by atoms with Crippen molar-refractivity contribution in [1.82, 2.24) is 24.8 Å². The zero-order valence-corrected chi connectivity index (χ0v) is 21.1. The number of amides is 3. The van der Waals surface area contributed by atoms with Crippen LogP contribution in [-0.4, -0.2) is 69.9 Å². The zero-order valence-electron chi connectivity index (χ0n) is 21.1. The summed E-state index contributed by atoms with van der Waals surface area (Å²) in [6, 6.07) is 6.29. The average Bonchev–Trinajstić information content (AvgIpc) is 2.91. The van der Waals surface area contributed by atoms with Gasteiger partial charge in [0.25, 0.3) is 0 Å². The summed E-state index contributed by atoms with van der Waals surface area (Å²) in [5.41, 5.74) is 0.450. The molecule has 0 atom stereocenters. The van der Waals surface area contributed by atoms with Gasteiger partial charge < -0.3 is 15.5 Å². The van der Waals surface area contributed by atoms with Crippen LogP contribution >= 0.6 is 0 Å². The number of benzene rings is 1. The van der Waals surface area contributed by atoms with Crippen LogP contribution in [0, 0.1) is 0 Å². The molecule has 10 nitrogen and oxygen atoms in total. The highest BCUT2D eigenvalue weighted by Gasteiger charge is 2.34. The van der Waals surface area contributed by atoms with Crippen LogP contribution in [0.5, 0.6) is 0 Å². The second-order valence-corrected chi connectivity index (χ2v) is 8.94. The summed E-state index contributed by atoms with van der Waals surface area (Å²) < 4.78 is 41.4. The maximum absolute atomic E-state index is 13.8. The van der Waals surface area contributed by atoms with Gasteiger partial charge in [0.05, 0.1) is 23.7 Å². The number of halogens is 3. The lowest BCUT2D eigenvalue weighted by atomic mass is 10.0. The zero-order chi connectivity index (χ0) is 28.0. The van der Waals surface area contributed by atoms with Crippen LogP contribution in [-0.2, 0) is 17.5 Å². The molecule has 204 valence electrons. The molecule has 0 spiro atoms. The molecule has 0 radical (unpaired) electrons. The molecule has 0 saturated carbocycles. The molecule has 1 fully saturated rings.